The van der Waals surface area contributed by atoms with Gasteiger partial charge in [0.25, 0.3) is 5.91 Å². The third-order valence-corrected chi connectivity index (χ3v) is 4.97. The lowest BCUT2D eigenvalue weighted by atomic mass is 10.1. The Morgan fingerprint density at radius 1 is 1.19 bits per heavy atom. The summed E-state index contributed by atoms with van der Waals surface area (Å²) in [5.74, 6) is -0.0284. The maximum absolute atomic E-state index is 13.1. The van der Waals surface area contributed by atoms with E-state index in [9.17, 15) is 4.79 Å². The molecule has 0 unspecified atom stereocenters. The predicted molar refractivity (Wildman–Crippen MR) is 100 cm³/mol. The lowest BCUT2D eigenvalue weighted by Gasteiger charge is -2.16. The van der Waals surface area contributed by atoms with Crippen LogP contribution in [0.15, 0.2) is 48.8 Å². The summed E-state index contributed by atoms with van der Waals surface area (Å²) in [5.41, 5.74) is 6.10. The smallest absolute Gasteiger partial charge is 0.274 e. The van der Waals surface area contributed by atoms with Crippen LogP contribution in [0.25, 0.3) is 5.69 Å². The molecular formula is C21H22N4O. The summed E-state index contributed by atoms with van der Waals surface area (Å²) < 4.78 is 1.98. The van der Waals surface area contributed by atoms with Crippen molar-refractivity contribution in [2.75, 3.05) is 7.05 Å². The molecule has 5 heteroatoms. The maximum Gasteiger partial charge on any atom is 0.274 e. The van der Waals surface area contributed by atoms with E-state index in [1.807, 2.05) is 36.0 Å². The van der Waals surface area contributed by atoms with Gasteiger partial charge in [0, 0.05) is 37.2 Å². The Morgan fingerprint density at radius 2 is 2.04 bits per heavy atom. The Labute approximate surface area is 153 Å². The van der Waals surface area contributed by atoms with E-state index < -0.39 is 0 Å². The largest absolute Gasteiger partial charge is 0.336 e. The molecule has 5 nitrogen and oxygen atoms in total. The van der Waals surface area contributed by atoms with Crippen LogP contribution in [0.2, 0.25) is 0 Å². The van der Waals surface area contributed by atoms with Crippen LogP contribution in [0.1, 0.15) is 39.3 Å². The number of aryl methyl sites for hydroxylation is 1. The minimum atomic E-state index is -0.0284. The lowest BCUT2D eigenvalue weighted by molar-refractivity contribution is 0.0777. The second-order valence-corrected chi connectivity index (χ2v) is 6.85. The standard InChI is InChI=1S/C21H22N4O/c1-15-7-3-4-10-18(15)25-19-11-5-9-17(19)20(23-25)21(26)24(2)14-16-8-6-12-22-13-16/h3-4,6-8,10,12-13H,5,9,11,14H2,1-2H3. The average molecular weight is 346 g/mol. The number of carbonyl (C=O) groups excluding carboxylic acids is 1. The fourth-order valence-electron chi connectivity index (χ4n) is 3.63. The number of pyridine rings is 1. The van der Waals surface area contributed by atoms with Crippen LogP contribution in [0, 0.1) is 6.92 Å². The number of hydrogen-bond acceptors (Lipinski definition) is 3. The summed E-state index contributed by atoms with van der Waals surface area (Å²) in [7, 11) is 1.82. The highest BCUT2D eigenvalue weighted by atomic mass is 16.2. The van der Waals surface area contributed by atoms with Crippen molar-refractivity contribution in [1.29, 1.82) is 0 Å². The van der Waals surface area contributed by atoms with Crippen molar-refractivity contribution in [3.8, 4) is 5.69 Å². The molecule has 2 heterocycles. The second-order valence-electron chi connectivity index (χ2n) is 6.85. The van der Waals surface area contributed by atoms with Crippen molar-refractivity contribution in [3.05, 3.63) is 76.9 Å². The number of benzene rings is 1. The SMILES string of the molecule is Cc1ccccc1-n1nc(C(=O)N(C)Cc2cccnc2)c2c1CCC2. The second kappa shape index (κ2) is 6.75. The van der Waals surface area contributed by atoms with Gasteiger partial charge in [-0.25, -0.2) is 4.68 Å². The zero-order chi connectivity index (χ0) is 18.1. The molecule has 1 aromatic carbocycles. The fourth-order valence-corrected chi connectivity index (χ4v) is 3.63. The molecule has 0 aliphatic heterocycles. The number of fused-ring (bicyclic) bond motifs is 1. The van der Waals surface area contributed by atoms with Crippen LogP contribution in [-0.4, -0.2) is 32.6 Å². The Morgan fingerprint density at radius 3 is 2.81 bits per heavy atom. The summed E-state index contributed by atoms with van der Waals surface area (Å²) in [5, 5.41) is 4.74. The van der Waals surface area contributed by atoms with E-state index in [-0.39, 0.29) is 5.91 Å². The van der Waals surface area contributed by atoms with Gasteiger partial charge in [0.05, 0.1) is 5.69 Å². The molecule has 26 heavy (non-hydrogen) atoms. The van der Waals surface area contributed by atoms with Crippen molar-refractivity contribution < 1.29 is 4.79 Å². The van der Waals surface area contributed by atoms with E-state index in [1.165, 1.54) is 5.69 Å². The molecular weight excluding hydrogens is 324 g/mol. The minimum Gasteiger partial charge on any atom is -0.336 e. The number of carbonyl (C=O) groups is 1. The molecule has 0 bridgehead atoms. The molecule has 2 aromatic heterocycles. The molecule has 1 aliphatic carbocycles. The van der Waals surface area contributed by atoms with Gasteiger partial charge in [-0.1, -0.05) is 24.3 Å². The first-order valence-electron chi connectivity index (χ1n) is 8.96. The van der Waals surface area contributed by atoms with E-state index in [0.717, 1.165) is 41.6 Å². The summed E-state index contributed by atoms with van der Waals surface area (Å²) in [4.78, 5) is 18.9. The molecule has 0 radical (unpaired) electrons. The number of aromatic nitrogens is 3. The lowest BCUT2D eigenvalue weighted by Crippen LogP contribution is -2.27. The van der Waals surface area contributed by atoms with Gasteiger partial charge in [-0.15, -0.1) is 0 Å². The Kier molecular flexibility index (Phi) is 4.29. The van der Waals surface area contributed by atoms with Crippen LogP contribution >= 0.6 is 0 Å². The van der Waals surface area contributed by atoms with E-state index in [1.54, 1.807) is 17.3 Å². The molecule has 4 rings (SSSR count). The zero-order valence-corrected chi connectivity index (χ0v) is 15.1. The van der Waals surface area contributed by atoms with Crippen molar-refractivity contribution in [3.63, 3.8) is 0 Å². The quantitative estimate of drug-likeness (QED) is 0.728. The van der Waals surface area contributed by atoms with E-state index in [0.29, 0.717) is 12.2 Å². The number of para-hydroxylation sites is 1. The van der Waals surface area contributed by atoms with Crippen LogP contribution in [0.3, 0.4) is 0 Å². The first-order chi connectivity index (χ1) is 12.6. The number of nitrogens with zero attached hydrogens (tertiary/aromatic N) is 4. The van der Waals surface area contributed by atoms with Gasteiger partial charge in [-0.2, -0.15) is 5.10 Å². The number of amides is 1. The van der Waals surface area contributed by atoms with Crippen molar-refractivity contribution >= 4 is 5.91 Å². The molecule has 0 saturated carbocycles. The third kappa shape index (κ3) is 2.90. The van der Waals surface area contributed by atoms with Gasteiger partial charge in [-0.3, -0.25) is 9.78 Å². The fraction of sp³-hybridized carbons (Fsp3) is 0.286. The molecule has 0 atom stereocenters. The summed E-state index contributed by atoms with van der Waals surface area (Å²) in [6.07, 6.45) is 6.49. The molecule has 0 fully saturated rings. The van der Waals surface area contributed by atoms with Crippen LogP contribution in [0.5, 0.6) is 0 Å². The summed E-state index contributed by atoms with van der Waals surface area (Å²) >= 11 is 0. The Hall–Kier alpha value is -2.95. The molecule has 132 valence electrons. The Balaban J connectivity index is 1.68. The molecule has 0 N–H and O–H groups in total. The van der Waals surface area contributed by atoms with Crippen LogP contribution in [-0.2, 0) is 19.4 Å². The van der Waals surface area contributed by atoms with Gasteiger partial charge in [-0.05, 0) is 49.4 Å². The minimum absolute atomic E-state index is 0.0284. The van der Waals surface area contributed by atoms with Gasteiger partial charge in [0.15, 0.2) is 5.69 Å². The number of hydrogen-bond donors (Lipinski definition) is 0. The normalized spacial score (nSPS) is 12.8. The van der Waals surface area contributed by atoms with Crippen LogP contribution in [0.4, 0.5) is 0 Å². The van der Waals surface area contributed by atoms with E-state index >= 15 is 0 Å². The first kappa shape index (κ1) is 16.5. The highest BCUT2D eigenvalue weighted by Crippen LogP contribution is 2.29. The van der Waals surface area contributed by atoms with Gasteiger partial charge in [0.1, 0.15) is 0 Å². The van der Waals surface area contributed by atoms with Crippen molar-refractivity contribution in [2.24, 2.45) is 0 Å². The average Bonchev–Trinajstić information content (AvgIpc) is 3.25. The molecule has 1 aliphatic rings. The zero-order valence-electron chi connectivity index (χ0n) is 15.1. The highest BCUT2D eigenvalue weighted by molar-refractivity contribution is 5.94. The number of rotatable bonds is 4. The van der Waals surface area contributed by atoms with Crippen molar-refractivity contribution in [1.82, 2.24) is 19.7 Å². The van der Waals surface area contributed by atoms with Gasteiger partial charge < -0.3 is 4.90 Å². The monoisotopic (exact) mass is 346 g/mol. The molecule has 0 spiro atoms. The van der Waals surface area contributed by atoms with Crippen LogP contribution < -0.4 is 0 Å². The molecule has 3 aromatic rings. The van der Waals surface area contributed by atoms with Crippen molar-refractivity contribution in [2.45, 2.75) is 32.7 Å². The molecule has 0 saturated heterocycles. The highest BCUT2D eigenvalue weighted by Gasteiger charge is 2.28. The van der Waals surface area contributed by atoms with E-state index in [2.05, 4.69) is 24.0 Å². The topological polar surface area (TPSA) is 51.0 Å². The summed E-state index contributed by atoms with van der Waals surface area (Å²) in [6.45, 7) is 2.60. The van der Waals surface area contributed by atoms with E-state index in [4.69, 9.17) is 5.10 Å². The molecule has 1 amide bonds. The maximum atomic E-state index is 13.1. The third-order valence-electron chi connectivity index (χ3n) is 4.97. The summed E-state index contributed by atoms with van der Waals surface area (Å²) in [6, 6.07) is 12.0. The predicted octanol–water partition coefficient (Wildman–Crippen LogP) is 3.34. The van der Waals surface area contributed by atoms with Gasteiger partial charge >= 0.3 is 0 Å². The Bertz CT molecular complexity index is 946. The van der Waals surface area contributed by atoms with Gasteiger partial charge in [0.2, 0.25) is 0 Å². The first-order valence-corrected chi connectivity index (χ1v) is 8.96.